The number of hydrogen-bond acceptors (Lipinski definition) is 4. The lowest BCUT2D eigenvalue weighted by molar-refractivity contribution is 0.669. The lowest BCUT2D eigenvalue weighted by atomic mass is 9.98. The summed E-state index contributed by atoms with van der Waals surface area (Å²) in [5.41, 5.74) is 11.5. The molecular formula is C43H27N3O. The first kappa shape index (κ1) is 27.0. The Morgan fingerprint density at radius 2 is 0.936 bits per heavy atom. The molecule has 0 aliphatic heterocycles. The first-order valence-corrected chi connectivity index (χ1v) is 15.7. The van der Waals surface area contributed by atoms with E-state index in [1.807, 2.05) is 78.9 Å². The van der Waals surface area contributed by atoms with Crippen molar-refractivity contribution >= 4 is 32.8 Å². The third-order valence-electron chi connectivity index (χ3n) is 8.70. The van der Waals surface area contributed by atoms with Gasteiger partial charge in [-0.05, 0) is 29.3 Å². The van der Waals surface area contributed by atoms with Crippen LogP contribution in [0.3, 0.4) is 0 Å². The normalized spacial score (nSPS) is 11.4. The second kappa shape index (κ2) is 11.2. The van der Waals surface area contributed by atoms with Crippen molar-refractivity contribution in [1.82, 2.24) is 15.0 Å². The predicted molar refractivity (Wildman–Crippen MR) is 192 cm³/mol. The summed E-state index contributed by atoms with van der Waals surface area (Å²) in [6.07, 6.45) is 0. The van der Waals surface area contributed by atoms with Crippen LogP contribution in [0.1, 0.15) is 0 Å². The van der Waals surface area contributed by atoms with Gasteiger partial charge in [0.1, 0.15) is 11.3 Å². The number of nitrogens with zero attached hydrogens (tertiary/aromatic N) is 3. The molecule has 0 fully saturated rings. The van der Waals surface area contributed by atoms with Crippen LogP contribution in [0.5, 0.6) is 0 Å². The van der Waals surface area contributed by atoms with Crippen molar-refractivity contribution in [2.75, 3.05) is 0 Å². The predicted octanol–water partition coefficient (Wildman–Crippen LogP) is 11.3. The highest BCUT2D eigenvalue weighted by Crippen LogP contribution is 2.40. The van der Waals surface area contributed by atoms with Gasteiger partial charge in [-0.15, -0.1) is 0 Å². The highest BCUT2D eigenvalue weighted by Gasteiger charge is 2.18. The maximum Gasteiger partial charge on any atom is 0.162 e. The van der Waals surface area contributed by atoms with Crippen molar-refractivity contribution in [3.63, 3.8) is 0 Å². The molecule has 0 atom stereocenters. The summed E-state index contributed by atoms with van der Waals surface area (Å²) in [5.74, 6) is 0.707. The minimum Gasteiger partial charge on any atom is -0.454 e. The quantitative estimate of drug-likeness (QED) is 0.197. The summed E-state index contributed by atoms with van der Waals surface area (Å²) in [7, 11) is 0. The lowest BCUT2D eigenvalue weighted by Gasteiger charge is -2.11. The Bertz CT molecular complexity index is 2480. The number of pyridine rings is 1. The van der Waals surface area contributed by atoms with E-state index < -0.39 is 0 Å². The fourth-order valence-electron chi connectivity index (χ4n) is 6.36. The van der Waals surface area contributed by atoms with Gasteiger partial charge in [-0.1, -0.05) is 146 Å². The van der Waals surface area contributed by atoms with Gasteiger partial charge in [0.2, 0.25) is 0 Å². The average molecular weight is 602 g/mol. The fourth-order valence-corrected chi connectivity index (χ4v) is 6.36. The van der Waals surface area contributed by atoms with E-state index in [-0.39, 0.29) is 0 Å². The smallest absolute Gasteiger partial charge is 0.162 e. The second-order valence-corrected chi connectivity index (χ2v) is 11.6. The van der Waals surface area contributed by atoms with Gasteiger partial charge < -0.3 is 4.42 Å². The van der Waals surface area contributed by atoms with Crippen LogP contribution in [0, 0.1) is 0 Å². The Morgan fingerprint density at radius 3 is 1.64 bits per heavy atom. The summed E-state index contributed by atoms with van der Waals surface area (Å²) in [5, 5.41) is 3.27. The van der Waals surface area contributed by atoms with Crippen molar-refractivity contribution in [2.24, 2.45) is 0 Å². The van der Waals surface area contributed by atoms with E-state index in [1.54, 1.807) is 0 Å². The number of aromatic nitrogens is 3. The van der Waals surface area contributed by atoms with Crippen LogP contribution in [0.2, 0.25) is 0 Å². The molecule has 0 amide bonds. The number of hydrogen-bond donors (Lipinski definition) is 0. The summed E-state index contributed by atoms with van der Waals surface area (Å²) in [4.78, 5) is 15.1. The molecular weight excluding hydrogens is 574 g/mol. The monoisotopic (exact) mass is 601 g/mol. The molecule has 0 radical (unpaired) electrons. The van der Waals surface area contributed by atoms with Gasteiger partial charge in [0.05, 0.1) is 16.9 Å². The lowest BCUT2D eigenvalue weighted by Crippen LogP contribution is -1.95. The van der Waals surface area contributed by atoms with E-state index in [9.17, 15) is 0 Å². The van der Waals surface area contributed by atoms with Crippen molar-refractivity contribution in [1.29, 1.82) is 0 Å². The van der Waals surface area contributed by atoms with Crippen LogP contribution < -0.4 is 0 Å². The summed E-state index contributed by atoms with van der Waals surface area (Å²) in [6.45, 7) is 0. The number of para-hydroxylation sites is 1. The molecule has 47 heavy (non-hydrogen) atoms. The zero-order chi connectivity index (χ0) is 31.2. The molecule has 4 nitrogen and oxygen atoms in total. The minimum atomic E-state index is 0.707. The average Bonchev–Trinajstić information content (AvgIpc) is 3.55. The van der Waals surface area contributed by atoms with E-state index in [4.69, 9.17) is 19.4 Å². The molecule has 0 aliphatic carbocycles. The summed E-state index contributed by atoms with van der Waals surface area (Å²) >= 11 is 0. The van der Waals surface area contributed by atoms with Crippen LogP contribution in [0.4, 0.5) is 0 Å². The number of benzene rings is 6. The third kappa shape index (κ3) is 4.84. The van der Waals surface area contributed by atoms with E-state index >= 15 is 0 Å². The van der Waals surface area contributed by atoms with Gasteiger partial charge in [0.15, 0.2) is 11.4 Å². The third-order valence-corrected chi connectivity index (χ3v) is 8.70. The molecule has 0 saturated carbocycles. The maximum atomic E-state index is 6.42. The van der Waals surface area contributed by atoms with Crippen LogP contribution in [0.25, 0.3) is 89.1 Å². The summed E-state index contributed by atoms with van der Waals surface area (Å²) < 4.78 is 6.42. The Labute approximate surface area is 271 Å². The minimum absolute atomic E-state index is 0.707. The van der Waals surface area contributed by atoms with Crippen LogP contribution in [-0.2, 0) is 0 Å². The standard InChI is InChI=1S/C43H27N3O/c1-4-12-29(13-5-1)36-27-37(46-43(45-36)32-16-8-3-9-17-32)30-22-20-28(21-23-30)33-24-25-34-38(26-33)44-41(31-14-6-2-7-15-31)42-40(34)35-18-10-11-19-39(35)47-42/h1-27H. The van der Waals surface area contributed by atoms with Gasteiger partial charge in [0, 0.05) is 38.4 Å². The maximum absolute atomic E-state index is 6.42. The number of rotatable bonds is 5. The second-order valence-electron chi connectivity index (χ2n) is 11.6. The molecule has 0 unspecified atom stereocenters. The molecule has 4 heteroatoms. The van der Waals surface area contributed by atoms with Crippen LogP contribution >= 0.6 is 0 Å². The van der Waals surface area contributed by atoms with Gasteiger partial charge in [0.25, 0.3) is 0 Å². The zero-order valence-electron chi connectivity index (χ0n) is 25.3. The van der Waals surface area contributed by atoms with E-state index in [0.717, 1.165) is 83.3 Å². The molecule has 0 saturated heterocycles. The molecule has 0 aliphatic rings. The topological polar surface area (TPSA) is 51.8 Å². The highest BCUT2D eigenvalue weighted by molar-refractivity contribution is 6.21. The summed E-state index contributed by atoms with van der Waals surface area (Å²) in [6, 6.07) is 56.1. The number of fused-ring (bicyclic) bond motifs is 5. The van der Waals surface area contributed by atoms with Crippen molar-refractivity contribution < 1.29 is 4.42 Å². The van der Waals surface area contributed by atoms with E-state index in [2.05, 4.69) is 84.9 Å². The fraction of sp³-hybridized carbons (Fsp3) is 0. The SMILES string of the molecule is c1ccc(-c2cc(-c3ccc(-c4ccc5c(c4)nc(-c4ccccc4)c4oc6ccccc6c45)cc3)nc(-c3ccccc3)n2)cc1. The van der Waals surface area contributed by atoms with Crippen LogP contribution in [0.15, 0.2) is 168 Å². The van der Waals surface area contributed by atoms with Crippen molar-refractivity contribution in [3.05, 3.63) is 164 Å². The molecule has 9 aromatic rings. The number of furan rings is 1. The van der Waals surface area contributed by atoms with Crippen molar-refractivity contribution in [3.8, 4) is 56.3 Å². The first-order chi connectivity index (χ1) is 23.3. The Morgan fingerprint density at radius 1 is 0.383 bits per heavy atom. The van der Waals surface area contributed by atoms with Gasteiger partial charge in [-0.3, -0.25) is 0 Å². The molecule has 0 N–H and O–H groups in total. The molecule has 220 valence electrons. The van der Waals surface area contributed by atoms with E-state index in [0.29, 0.717) is 5.82 Å². The van der Waals surface area contributed by atoms with E-state index in [1.165, 1.54) is 0 Å². The molecule has 0 bridgehead atoms. The molecule has 3 aromatic heterocycles. The Hall–Kier alpha value is -6.39. The first-order valence-electron chi connectivity index (χ1n) is 15.7. The van der Waals surface area contributed by atoms with Crippen LogP contribution in [-0.4, -0.2) is 15.0 Å². The Kier molecular flexibility index (Phi) is 6.43. The van der Waals surface area contributed by atoms with Gasteiger partial charge >= 0.3 is 0 Å². The van der Waals surface area contributed by atoms with Crippen molar-refractivity contribution in [2.45, 2.75) is 0 Å². The zero-order valence-corrected chi connectivity index (χ0v) is 25.3. The molecule has 3 heterocycles. The Balaban J connectivity index is 1.15. The molecule has 9 rings (SSSR count). The molecule has 0 spiro atoms. The highest BCUT2D eigenvalue weighted by atomic mass is 16.3. The van der Waals surface area contributed by atoms with Gasteiger partial charge in [-0.2, -0.15) is 0 Å². The van der Waals surface area contributed by atoms with Gasteiger partial charge in [-0.25, -0.2) is 15.0 Å². The largest absolute Gasteiger partial charge is 0.454 e. The molecule has 6 aromatic carbocycles.